The SMILES string of the molecule is Nc1cnc(-c2ccc(Br)c(Cl)c2F)cn1. The number of nitrogens with zero attached hydrogens (tertiary/aromatic N) is 2. The van der Waals surface area contributed by atoms with E-state index in [1.165, 1.54) is 12.4 Å². The highest BCUT2D eigenvalue weighted by atomic mass is 79.9. The quantitative estimate of drug-likeness (QED) is 0.823. The summed E-state index contributed by atoms with van der Waals surface area (Å²) in [5, 5.41) is 0.0242. The molecule has 2 aromatic rings. The molecule has 3 nitrogen and oxygen atoms in total. The van der Waals surface area contributed by atoms with Gasteiger partial charge < -0.3 is 5.73 Å². The van der Waals surface area contributed by atoms with Gasteiger partial charge in [0.05, 0.1) is 23.1 Å². The van der Waals surface area contributed by atoms with E-state index < -0.39 is 5.82 Å². The van der Waals surface area contributed by atoms with E-state index >= 15 is 0 Å². The lowest BCUT2D eigenvalue weighted by atomic mass is 10.1. The lowest BCUT2D eigenvalue weighted by molar-refractivity contribution is 0.630. The second-order valence-electron chi connectivity index (χ2n) is 3.05. The molecule has 0 aliphatic carbocycles. The fourth-order valence-electron chi connectivity index (χ4n) is 1.20. The molecule has 1 heterocycles. The number of nitrogens with two attached hydrogens (primary N) is 1. The largest absolute Gasteiger partial charge is 0.382 e. The molecule has 0 fully saturated rings. The second kappa shape index (κ2) is 4.35. The number of hydrogen-bond donors (Lipinski definition) is 1. The maximum atomic E-state index is 13.8. The van der Waals surface area contributed by atoms with E-state index in [0.29, 0.717) is 15.7 Å². The van der Waals surface area contributed by atoms with Gasteiger partial charge in [-0.15, -0.1) is 0 Å². The molecule has 0 amide bonds. The van der Waals surface area contributed by atoms with Crippen LogP contribution in [0.4, 0.5) is 10.2 Å². The Kier molecular flexibility index (Phi) is 3.07. The van der Waals surface area contributed by atoms with Crippen molar-refractivity contribution in [2.45, 2.75) is 0 Å². The average Bonchev–Trinajstić information content (AvgIpc) is 2.28. The fourth-order valence-corrected chi connectivity index (χ4v) is 1.67. The van der Waals surface area contributed by atoms with Crippen molar-refractivity contribution in [2.75, 3.05) is 5.73 Å². The first-order valence-electron chi connectivity index (χ1n) is 4.31. The maximum absolute atomic E-state index is 13.8. The van der Waals surface area contributed by atoms with Crippen molar-refractivity contribution in [1.82, 2.24) is 9.97 Å². The minimum Gasteiger partial charge on any atom is -0.382 e. The highest BCUT2D eigenvalue weighted by molar-refractivity contribution is 9.10. The van der Waals surface area contributed by atoms with Crippen LogP contribution < -0.4 is 5.73 Å². The average molecular weight is 303 g/mol. The van der Waals surface area contributed by atoms with E-state index in [0.717, 1.165) is 0 Å². The Morgan fingerprint density at radius 2 is 2.00 bits per heavy atom. The van der Waals surface area contributed by atoms with E-state index in [2.05, 4.69) is 25.9 Å². The molecule has 0 radical (unpaired) electrons. The van der Waals surface area contributed by atoms with E-state index in [-0.39, 0.29) is 10.8 Å². The Labute approximate surface area is 105 Å². The molecule has 16 heavy (non-hydrogen) atoms. The lowest BCUT2D eigenvalue weighted by Crippen LogP contribution is -1.94. The number of hydrogen-bond acceptors (Lipinski definition) is 3. The minimum atomic E-state index is -0.532. The Balaban J connectivity index is 2.57. The summed E-state index contributed by atoms with van der Waals surface area (Å²) in [5.74, 6) is -0.248. The zero-order valence-corrected chi connectivity index (χ0v) is 10.3. The van der Waals surface area contributed by atoms with Crippen molar-refractivity contribution in [2.24, 2.45) is 0 Å². The number of aromatic nitrogens is 2. The summed E-state index contributed by atoms with van der Waals surface area (Å²) in [7, 11) is 0. The molecule has 0 unspecified atom stereocenters. The molecule has 0 saturated carbocycles. The Bertz CT molecular complexity index is 530. The van der Waals surface area contributed by atoms with Crippen LogP contribution in [0, 0.1) is 5.82 Å². The van der Waals surface area contributed by atoms with Gasteiger partial charge in [0.25, 0.3) is 0 Å². The monoisotopic (exact) mass is 301 g/mol. The number of benzene rings is 1. The molecule has 0 aliphatic heterocycles. The van der Waals surface area contributed by atoms with E-state index in [1.807, 2.05) is 0 Å². The van der Waals surface area contributed by atoms with Crippen LogP contribution in [0.15, 0.2) is 29.0 Å². The molecular weight excluding hydrogens is 296 g/mol. The van der Waals surface area contributed by atoms with E-state index in [1.54, 1.807) is 12.1 Å². The normalized spacial score (nSPS) is 10.4. The van der Waals surface area contributed by atoms with E-state index in [9.17, 15) is 4.39 Å². The zero-order chi connectivity index (χ0) is 11.7. The molecule has 0 spiro atoms. The second-order valence-corrected chi connectivity index (χ2v) is 4.28. The highest BCUT2D eigenvalue weighted by Gasteiger charge is 2.12. The number of nitrogen functional groups attached to an aromatic ring is 1. The predicted molar refractivity (Wildman–Crippen MR) is 64.5 cm³/mol. The molecule has 6 heteroatoms. The standard InChI is InChI=1S/C10H6BrClFN3/c11-6-2-1-5(10(13)9(6)12)7-3-16-8(14)4-15-7/h1-4H,(H2,14,16). The fraction of sp³-hybridized carbons (Fsp3) is 0. The first-order chi connectivity index (χ1) is 7.59. The van der Waals surface area contributed by atoms with Crippen LogP contribution >= 0.6 is 27.5 Å². The van der Waals surface area contributed by atoms with Crippen LogP contribution in [0.2, 0.25) is 5.02 Å². The Hall–Kier alpha value is -1.20. The van der Waals surface area contributed by atoms with Gasteiger partial charge in [0, 0.05) is 10.0 Å². The molecule has 0 saturated heterocycles. The zero-order valence-electron chi connectivity index (χ0n) is 7.92. The molecule has 0 aliphatic rings. The summed E-state index contributed by atoms with van der Waals surface area (Å²) < 4.78 is 14.3. The van der Waals surface area contributed by atoms with Gasteiger partial charge in [0.15, 0.2) is 5.82 Å². The van der Waals surface area contributed by atoms with Crippen molar-refractivity contribution in [3.63, 3.8) is 0 Å². The third kappa shape index (κ3) is 2.01. The van der Waals surface area contributed by atoms with Crippen molar-refractivity contribution in [3.05, 3.63) is 39.8 Å². The van der Waals surface area contributed by atoms with Crippen LogP contribution in [0.25, 0.3) is 11.3 Å². The van der Waals surface area contributed by atoms with Crippen molar-refractivity contribution < 1.29 is 4.39 Å². The molecule has 2 N–H and O–H groups in total. The minimum absolute atomic E-state index is 0.0242. The molecule has 2 rings (SSSR count). The summed E-state index contributed by atoms with van der Waals surface area (Å²) in [5.41, 5.74) is 6.08. The Morgan fingerprint density at radius 1 is 1.25 bits per heavy atom. The first kappa shape index (κ1) is 11.3. The van der Waals surface area contributed by atoms with Crippen molar-refractivity contribution in [1.29, 1.82) is 0 Å². The third-order valence-electron chi connectivity index (χ3n) is 1.98. The van der Waals surface area contributed by atoms with Gasteiger partial charge in [0.1, 0.15) is 5.82 Å². The van der Waals surface area contributed by atoms with E-state index in [4.69, 9.17) is 17.3 Å². The highest BCUT2D eigenvalue weighted by Crippen LogP contribution is 2.31. The summed E-state index contributed by atoms with van der Waals surface area (Å²) in [6, 6.07) is 3.23. The van der Waals surface area contributed by atoms with Crippen LogP contribution in [-0.2, 0) is 0 Å². The van der Waals surface area contributed by atoms with Crippen LogP contribution in [0.3, 0.4) is 0 Å². The van der Waals surface area contributed by atoms with Crippen LogP contribution in [0.1, 0.15) is 0 Å². The van der Waals surface area contributed by atoms with Crippen molar-refractivity contribution >= 4 is 33.3 Å². The predicted octanol–water partition coefficient (Wildman–Crippen LogP) is 3.28. The number of anilines is 1. The number of rotatable bonds is 1. The maximum Gasteiger partial charge on any atom is 0.152 e. The summed E-state index contributed by atoms with van der Waals surface area (Å²) in [6.07, 6.45) is 2.77. The molecule has 0 bridgehead atoms. The number of halogens is 3. The molecular formula is C10H6BrClFN3. The smallest absolute Gasteiger partial charge is 0.152 e. The molecule has 1 aromatic heterocycles. The first-order valence-corrected chi connectivity index (χ1v) is 5.48. The summed E-state index contributed by atoms with van der Waals surface area (Å²) in [4.78, 5) is 7.82. The summed E-state index contributed by atoms with van der Waals surface area (Å²) >= 11 is 8.91. The third-order valence-corrected chi connectivity index (χ3v) is 3.24. The van der Waals surface area contributed by atoms with Crippen LogP contribution in [0.5, 0.6) is 0 Å². The summed E-state index contributed by atoms with van der Waals surface area (Å²) in [6.45, 7) is 0. The van der Waals surface area contributed by atoms with Gasteiger partial charge in [-0.2, -0.15) is 0 Å². The van der Waals surface area contributed by atoms with Gasteiger partial charge in [-0.25, -0.2) is 9.37 Å². The van der Waals surface area contributed by atoms with Gasteiger partial charge in [0.2, 0.25) is 0 Å². The van der Waals surface area contributed by atoms with Crippen molar-refractivity contribution in [3.8, 4) is 11.3 Å². The van der Waals surface area contributed by atoms with Crippen LogP contribution in [-0.4, -0.2) is 9.97 Å². The van der Waals surface area contributed by atoms with Gasteiger partial charge in [-0.05, 0) is 28.1 Å². The Morgan fingerprint density at radius 3 is 2.62 bits per heavy atom. The molecule has 82 valence electrons. The topological polar surface area (TPSA) is 51.8 Å². The van der Waals surface area contributed by atoms with Gasteiger partial charge >= 0.3 is 0 Å². The van der Waals surface area contributed by atoms with Gasteiger partial charge in [-0.3, -0.25) is 4.98 Å². The molecule has 0 atom stereocenters. The molecule has 1 aromatic carbocycles. The van der Waals surface area contributed by atoms with Gasteiger partial charge in [-0.1, -0.05) is 11.6 Å². The lowest BCUT2D eigenvalue weighted by Gasteiger charge is -2.05.